The third-order valence-electron chi connectivity index (χ3n) is 3.19. The SMILES string of the molecule is CC(=O)Oc1ccc(Cc2c(C#N)cc(O)c(O)c2C#N)cc1. The van der Waals surface area contributed by atoms with Crippen LogP contribution in [-0.2, 0) is 11.2 Å². The summed E-state index contributed by atoms with van der Waals surface area (Å²) in [6, 6.07) is 11.4. The minimum absolute atomic E-state index is 0.112. The van der Waals surface area contributed by atoms with Gasteiger partial charge in [-0.25, -0.2) is 0 Å². The van der Waals surface area contributed by atoms with E-state index in [1.165, 1.54) is 6.92 Å². The number of hydrogen-bond acceptors (Lipinski definition) is 6. The van der Waals surface area contributed by atoms with Crippen LogP contribution < -0.4 is 4.74 Å². The molecule has 6 nitrogen and oxygen atoms in total. The van der Waals surface area contributed by atoms with E-state index in [4.69, 9.17) is 10.00 Å². The molecule has 0 radical (unpaired) electrons. The van der Waals surface area contributed by atoms with Gasteiger partial charge in [-0.2, -0.15) is 10.5 Å². The van der Waals surface area contributed by atoms with Gasteiger partial charge in [0.1, 0.15) is 17.4 Å². The lowest BCUT2D eigenvalue weighted by molar-refractivity contribution is -0.131. The van der Waals surface area contributed by atoms with Gasteiger partial charge in [-0.3, -0.25) is 4.79 Å². The molecule has 0 amide bonds. The Labute approximate surface area is 132 Å². The van der Waals surface area contributed by atoms with Gasteiger partial charge in [-0.15, -0.1) is 0 Å². The number of carbonyl (C=O) groups excluding carboxylic acids is 1. The summed E-state index contributed by atoms with van der Waals surface area (Å²) in [5, 5.41) is 37.7. The number of nitriles is 2. The van der Waals surface area contributed by atoms with Crippen LogP contribution in [0.2, 0.25) is 0 Å². The topological polar surface area (TPSA) is 114 Å². The molecule has 0 heterocycles. The van der Waals surface area contributed by atoms with Crippen molar-refractivity contribution in [1.29, 1.82) is 10.5 Å². The first-order valence-electron chi connectivity index (χ1n) is 6.61. The molecule has 0 fully saturated rings. The molecule has 2 N–H and O–H groups in total. The van der Waals surface area contributed by atoms with Crippen LogP contribution >= 0.6 is 0 Å². The number of benzene rings is 2. The van der Waals surface area contributed by atoms with Gasteiger partial charge in [0.15, 0.2) is 11.5 Å². The molecule has 23 heavy (non-hydrogen) atoms. The van der Waals surface area contributed by atoms with Crippen LogP contribution in [0, 0.1) is 22.7 Å². The summed E-state index contributed by atoms with van der Waals surface area (Å²) < 4.78 is 4.93. The molecule has 0 aromatic heterocycles. The lowest BCUT2D eigenvalue weighted by Gasteiger charge is -2.10. The summed E-state index contributed by atoms with van der Waals surface area (Å²) in [6.45, 7) is 1.30. The molecule has 2 rings (SSSR count). The number of carbonyl (C=O) groups is 1. The van der Waals surface area contributed by atoms with Crippen LogP contribution in [0.25, 0.3) is 0 Å². The molecule has 0 unspecified atom stereocenters. The van der Waals surface area contributed by atoms with Crippen molar-refractivity contribution in [3.63, 3.8) is 0 Å². The Kier molecular flexibility index (Phi) is 4.49. The van der Waals surface area contributed by atoms with Gasteiger partial charge in [-0.05, 0) is 23.3 Å². The smallest absolute Gasteiger partial charge is 0.308 e. The van der Waals surface area contributed by atoms with E-state index in [9.17, 15) is 20.3 Å². The Hall–Kier alpha value is -3.51. The Bertz CT molecular complexity index is 843. The van der Waals surface area contributed by atoms with E-state index in [1.807, 2.05) is 6.07 Å². The zero-order chi connectivity index (χ0) is 17.0. The van der Waals surface area contributed by atoms with E-state index < -0.39 is 17.5 Å². The van der Waals surface area contributed by atoms with Crippen molar-refractivity contribution >= 4 is 5.97 Å². The van der Waals surface area contributed by atoms with Crippen molar-refractivity contribution in [3.05, 3.63) is 52.6 Å². The quantitative estimate of drug-likeness (QED) is 0.511. The number of phenolic OH excluding ortho intramolecular Hbond substituents is 2. The second-order valence-electron chi connectivity index (χ2n) is 4.78. The first-order chi connectivity index (χ1) is 11.0. The highest BCUT2D eigenvalue weighted by atomic mass is 16.5. The monoisotopic (exact) mass is 308 g/mol. The molecule has 0 spiro atoms. The molecule has 6 heteroatoms. The fourth-order valence-electron chi connectivity index (χ4n) is 2.15. The predicted molar refractivity (Wildman–Crippen MR) is 79.8 cm³/mol. The number of esters is 1. The lowest BCUT2D eigenvalue weighted by atomic mass is 9.94. The largest absolute Gasteiger partial charge is 0.504 e. The zero-order valence-corrected chi connectivity index (χ0v) is 12.2. The molecule has 0 saturated carbocycles. The Morgan fingerprint density at radius 2 is 1.83 bits per heavy atom. The molecule has 114 valence electrons. The molecular formula is C17H12N2O4. The summed E-state index contributed by atoms with van der Waals surface area (Å²) in [6.07, 6.45) is 0.208. The molecular weight excluding hydrogens is 296 g/mol. The van der Waals surface area contributed by atoms with Crippen LogP contribution in [-0.4, -0.2) is 16.2 Å². The standard InChI is InChI=1S/C17H12N2O4/c1-10(20)23-13-4-2-11(3-5-13)6-14-12(8-18)7-16(21)17(22)15(14)9-19/h2-5,7,21-22H,6H2,1H3. The maximum absolute atomic E-state index is 10.9. The number of ether oxygens (including phenoxy) is 1. The summed E-state index contributed by atoms with van der Waals surface area (Å²) >= 11 is 0. The number of nitrogens with zero attached hydrogens (tertiary/aromatic N) is 2. The van der Waals surface area contributed by atoms with E-state index in [0.29, 0.717) is 11.3 Å². The van der Waals surface area contributed by atoms with Crippen LogP contribution in [0.15, 0.2) is 30.3 Å². The summed E-state index contributed by atoms with van der Waals surface area (Å²) in [5.74, 6) is -1.10. The molecule has 2 aromatic rings. The maximum Gasteiger partial charge on any atom is 0.308 e. The number of phenols is 2. The minimum atomic E-state index is -0.543. The van der Waals surface area contributed by atoms with Gasteiger partial charge in [-0.1, -0.05) is 12.1 Å². The number of aromatic hydroxyl groups is 2. The van der Waals surface area contributed by atoms with Gasteiger partial charge in [0, 0.05) is 19.4 Å². The second kappa shape index (κ2) is 6.50. The highest BCUT2D eigenvalue weighted by Gasteiger charge is 2.17. The zero-order valence-electron chi connectivity index (χ0n) is 12.2. The van der Waals surface area contributed by atoms with Gasteiger partial charge in [0.05, 0.1) is 11.6 Å². The van der Waals surface area contributed by atoms with Crippen LogP contribution in [0.5, 0.6) is 17.2 Å². The maximum atomic E-state index is 10.9. The lowest BCUT2D eigenvalue weighted by Crippen LogP contribution is -2.02. The van der Waals surface area contributed by atoms with Crippen molar-refractivity contribution in [2.75, 3.05) is 0 Å². The Morgan fingerprint density at radius 1 is 1.17 bits per heavy atom. The molecule has 0 atom stereocenters. The van der Waals surface area contributed by atoms with Gasteiger partial charge >= 0.3 is 5.97 Å². The van der Waals surface area contributed by atoms with Crippen molar-refractivity contribution in [1.82, 2.24) is 0 Å². The summed E-state index contributed by atoms with van der Waals surface area (Å²) in [4.78, 5) is 10.9. The van der Waals surface area contributed by atoms with Gasteiger partial charge in [0.25, 0.3) is 0 Å². The van der Waals surface area contributed by atoms with E-state index in [1.54, 1.807) is 30.3 Å². The van der Waals surface area contributed by atoms with Crippen molar-refractivity contribution in [2.24, 2.45) is 0 Å². The first-order valence-corrected chi connectivity index (χ1v) is 6.61. The highest BCUT2D eigenvalue weighted by Crippen LogP contribution is 2.34. The van der Waals surface area contributed by atoms with E-state index >= 15 is 0 Å². The third-order valence-corrected chi connectivity index (χ3v) is 3.19. The van der Waals surface area contributed by atoms with Crippen LogP contribution in [0.3, 0.4) is 0 Å². The molecule has 0 aliphatic heterocycles. The Balaban J connectivity index is 2.40. The second-order valence-corrected chi connectivity index (χ2v) is 4.78. The van der Waals surface area contributed by atoms with Crippen LogP contribution in [0.4, 0.5) is 0 Å². The first kappa shape index (κ1) is 15.9. The van der Waals surface area contributed by atoms with Gasteiger partial charge in [0.2, 0.25) is 0 Å². The Morgan fingerprint density at radius 3 is 2.35 bits per heavy atom. The molecule has 0 saturated heterocycles. The van der Waals surface area contributed by atoms with E-state index in [2.05, 4.69) is 0 Å². The normalized spacial score (nSPS) is 9.70. The highest BCUT2D eigenvalue weighted by molar-refractivity contribution is 5.69. The van der Waals surface area contributed by atoms with E-state index in [-0.39, 0.29) is 17.5 Å². The predicted octanol–water partition coefficient (Wildman–Crippen LogP) is 2.36. The van der Waals surface area contributed by atoms with Crippen molar-refractivity contribution in [3.8, 4) is 29.4 Å². The summed E-state index contributed by atoms with van der Waals surface area (Å²) in [5.41, 5.74) is 1.05. The summed E-state index contributed by atoms with van der Waals surface area (Å²) in [7, 11) is 0. The number of rotatable bonds is 3. The molecule has 0 aliphatic rings. The molecule has 0 bridgehead atoms. The fraction of sp³-hybridized carbons (Fsp3) is 0.118. The van der Waals surface area contributed by atoms with Crippen molar-refractivity contribution < 1.29 is 19.7 Å². The average Bonchev–Trinajstić information content (AvgIpc) is 2.52. The minimum Gasteiger partial charge on any atom is -0.504 e. The molecule has 0 aliphatic carbocycles. The fourth-order valence-corrected chi connectivity index (χ4v) is 2.15. The van der Waals surface area contributed by atoms with Crippen LogP contribution in [0.1, 0.15) is 29.2 Å². The third kappa shape index (κ3) is 3.39. The van der Waals surface area contributed by atoms with E-state index in [0.717, 1.165) is 11.6 Å². The average molecular weight is 308 g/mol. The van der Waals surface area contributed by atoms with Crippen molar-refractivity contribution in [2.45, 2.75) is 13.3 Å². The number of hydrogen-bond donors (Lipinski definition) is 2. The van der Waals surface area contributed by atoms with Gasteiger partial charge < -0.3 is 14.9 Å². The molecule has 2 aromatic carbocycles.